The van der Waals surface area contributed by atoms with Gasteiger partial charge < -0.3 is 5.11 Å². The predicted octanol–water partition coefficient (Wildman–Crippen LogP) is 2.75. The first-order valence-electron chi connectivity index (χ1n) is 6.20. The summed E-state index contributed by atoms with van der Waals surface area (Å²) in [5, 5.41) is 9.23. The second-order valence-corrected chi connectivity index (χ2v) is 7.10. The zero-order chi connectivity index (χ0) is 15.6. The molecule has 2 rings (SSSR count). The van der Waals surface area contributed by atoms with Gasteiger partial charge in [-0.3, -0.25) is 4.72 Å². The molecule has 2 aromatic rings. The number of halogens is 1. The van der Waals surface area contributed by atoms with E-state index in [1.165, 1.54) is 6.07 Å². The molecule has 0 aliphatic heterocycles. The molecule has 112 valence electrons. The lowest BCUT2D eigenvalue weighted by Crippen LogP contribution is -2.15. The number of hydrogen-bond donors (Lipinski definition) is 2. The van der Waals surface area contributed by atoms with Crippen molar-refractivity contribution in [3.63, 3.8) is 0 Å². The van der Waals surface area contributed by atoms with Crippen molar-refractivity contribution in [3.8, 4) is 0 Å². The van der Waals surface area contributed by atoms with Crippen LogP contribution in [0.1, 0.15) is 16.8 Å². The summed E-state index contributed by atoms with van der Waals surface area (Å²) in [6.45, 7) is 3.33. The van der Waals surface area contributed by atoms with Gasteiger partial charge in [0.1, 0.15) is 10.7 Å². The Bertz CT molecular complexity index is 776. The van der Waals surface area contributed by atoms with Gasteiger partial charge in [-0.25, -0.2) is 13.4 Å². The summed E-state index contributed by atoms with van der Waals surface area (Å²) in [5.41, 5.74) is 1.99. The van der Waals surface area contributed by atoms with Crippen LogP contribution in [0.2, 0.25) is 0 Å². The maximum absolute atomic E-state index is 12.5. The van der Waals surface area contributed by atoms with Crippen molar-refractivity contribution in [2.75, 3.05) is 4.72 Å². The lowest BCUT2D eigenvalue weighted by atomic mass is 10.1. The number of hydrogen-bond acceptors (Lipinski definition) is 4. The minimum atomic E-state index is -3.79. The zero-order valence-electron chi connectivity index (χ0n) is 11.6. The number of pyridine rings is 1. The third-order valence-electron chi connectivity index (χ3n) is 2.88. The van der Waals surface area contributed by atoms with Crippen LogP contribution < -0.4 is 4.72 Å². The number of aliphatic hydroxyl groups is 1. The molecule has 0 amide bonds. The lowest BCUT2D eigenvalue weighted by Gasteiger charge is -2.12. The van der Waals surface area contributed by atoms with Crippen LogP contribution >= 0.6 is 15.9 Å². The van der Waals surface area contributed by atoms with E-state index >= 15 is 0 Å². The third-order valence-corrected chi connectivity index (χ3v) is 5.57. The van der Waals surface area contributed by atoms with Gasteiger partial charge in [-0.05, 0) is 59.1 Å². The fourth-order valence-corrected chi connectivity index (χ4v) is 3.96. The SMILES string of the molecule is Cc1cccc(NS(=O)(=O)c2cc(CO)cc(C)c2Br)n1. The minimum absolute atomic E-state index is 0.0786. The average molecular weight is 371 g/mol. The lowest BCUT2D eigenvalue weighted by molar-refractivity contribution is 0.281. The molecule has 1 heterocycles. The van der Waals surface area contributed by atoms with Crippen molar-refractivity contribution in [1.82, 2.24) is 4.98 Å². The number of anilines is 1. The summed E-state index contributed by atoms with van der Waals surface area (Å²) < 4.78 is 27.9. The van der Waals surface area contributed by atoms with Crippen LogP contribution in [0, 0.1) is 13.8 Å². The first-order chi connectivity index (χ1) is 9.83. The van der Waals surface area contributed by atoms with Crippen molar-refractivity contribution in [2.24, 2.45) is 0 Å². The number of aromatic nitrogens is 1. The molecule has 0 radical (unpaired) electrons. The molecule has 0 spiro atoms. The van der Waals surface area contributed by atoms with E-state index in [9.17, 15) is 13.5 Å². The number of aryl methyl sites for hydroxylation is 2. The first-order valence-corrected chi connectivity index (χ1v) is 8.47. The Balaban J connectivity index is 2.47. The Morgan fingerprint density at radius 2 is 2.00 bits per heavy atom. The molecule has 0 unspecified atom stereocenters. The molecule has 1 aromatic carbocycles. The van der Waals surface area contributed by atoms with Crippen LogP contribution in [0.25, 0.3) is 0 Å². The molecular formula is C14H15BrN2O3S. The number of aliphatic hydroxyl groups excluding tert-OH is 1. The summed E-state index contributed by atoms with van der Waals surface area (Å²) in [6.07, 6.45) is 0. The number of rotatable bonds is 4. The summed E-state index contributed by atoms with van der Waals surface area (Å²) in [4.78, 5) is 4.20. The molecule has 0 saturated heterocycles. The minimum Gasteiger partial charge on any atom is -0.392 e. The van der Waals surface area contributed by atoms with E-state index < -0.39 is 10.0 Å². The molecular weight excluding hydrogens is 356 g/mol. The second-order valence-electron chi connectivity index (χ2n) is 4.65. The van der Waals surface area contributed by atoms with Gasteiger partial charge in [0.25, 0.3) is 10.0 Å². The first kappa shape index (κ1) is 15.9. The Hall–Kier alpha value is -1.44. The van der Waals surface area contributed by atoms with E-state index in [1.54, 1.807) is 38.1 Å². The number of nitrogens with one attached hydrogen (secondary N) is 1. The fraction of sp³-hybridized carbons (Fsp3) is 0.214. The number of sulfonamides is 1. The number of nitrogens with zero attached hydrogens (tertiary/aromatic N) is 1. The largest absolute Gasteiger partial charge is 0.392 e. The topological polar surface area (TPSA) is 79.3 Å². The standard InChI is InChI=1S/C14H15BrN2O3S/c1-9-6-11(8-18)7-12(14(9)15)21(19,20)17-13-5-3-4-10(2)16-13/h3-7,18H,8H2,1-2H3,(H,16,17). The molecule has 0 atom stereocenters. The highest BCUT2D eigenvalue weighted by molar-refractivity contribution is 9.10. The van der Waals surface area contributed by atoms with E-state index in [-0.39, 0.29) is 17.3 Å². The van der Waals surface area contributed by atoms with Gasteiger partial charge in [-0.1, -0.05) is 12.1 Å². The molecule has 7 heteroatoms. The monoisotopic (exact) mass is 370 g/mol. The molecule has 5 nitrogen and oxygen atoms in total. The van der Waals surface area contributed by atoms with E-state index in [1.807, 2.05) is 0 Å². The molecule has 1 aromatic heterocycles. The normalized spacial score (nSPS) is 11.4. The van der Waals surface area contributed by atoms with Gasteiger partial charge in [0.2, 0.25) is 0 Å². The Morgan fingerprint density at radius 3 is 2.62 bits per heavy atom. The molecule has 0 fully saturated rings. The van der Waals surface area contributed by atoms with Crippen LogP contribution in [0.4, 0.5) is 5.82 Å². The van der Waals surface area contributed by atoms with Crippen molar-refractivity contribution in [2.45, 2.75) is 25.3 Å². The molecule has 2 N–H and O–H groups in total. The van der Waals surface area contributed by atoms with Crippen molar-refractivity contribution < 1.29 is 13.5 Å². The number of benzene rings is 1. The quantitative estimate of drug-likeness (QED) is 0.866. The molecule has 0 aliphatic carbocycles. The van der Waals surface area contributed by atoms with Crippen LogP contribution in [-0.4, -0.2) is 18.5 Å². The van der Waals surface area contributed by atoms with E-state index in [4.69, 9.17) is 0 Å². The summed E-state index contributed by atoms with van der Waals surface area (Å²) in [7, 11) is -3.79. The van der Waals surface area contributed by atoms with Crippen molar-refractivity contribution in [3.05, 3.63) is 51.6 Å². The van der Waals surface area contributed by atoms with Gasteiger partial charge in [0.15, 0.2) is 0 Å². The van der Waals surface area contributed by atoms with E-state index in [0.717, 1.165) is 11.3 Å². The van der Waals surface area contributed by atoms with Gasteiger partial charge in [0, 0.05) is 10.2 Å². The maximum atomic E-state index is 12.5. The van der Waals surface area contributed by atoms with Gasteiger partial charge in [-0.2, -0.15) is 0 Å². The molecule has 0 bridgehead atoms. The van der Waals surface area contributed by atoms with Gasteiger partial charge in [0.05, 0.1) is 6.61 Å². The van der Waals surface area contributed by atoms with Crippen molar-refractivity contribution >= 4 is 31.8 Å². The van der Waals surface area contributed by atoms with E-state index in [0.29, 0.717) is 10.0 Å². The summed E-state index contributed by atoms with van der Waals surface area (Å²) >= 11 is 3.29. The van der Waals surface area contributed by atoms with Gasteiger partial charge >= 0.3 is 0 Å². The second kappa shape index (κ2) is 6.13. The molecule has 21 heavy (non-hydrogen) atoms. The van der Waals surface area contributed by atoms with E-state index in [2.05, 4.69) is 25.6 Å². The van der Waals surface area contributed by atoms with Crippen LogP contribution in [-0.2, 0) is 16.6 Å². The van der Waals surface area contributed by atoms with Crippen LogP contribution in [0.5, 0.6) is 0 Å². The Morgan fingerprint density at radius 1 is 1.29 bits per heavy atom. The fourth-order valence-electron chi connectivity index (χ4n) is 1.89. The van der Waals surface area contributed by atoms with Crippen LogP contribution in [0.3, 0.4) is 0 Å². The molecule has 0 aliphatic rings. The Labute approximate surface area is 132 Å². The average Bonchev–Trinajstić information content (AvgIpc) is 2.41. The highest BCUT2D eigenvalue weighted by atomic mass is 79.9. The Kier molecular flexibility index (Phi) is 4.65. The third kappa shape index (κ3) is 3.61. The zero-order valence-corrected chi connectivity index (χ0v) is 14.0. The predicted molar refractivity (Wildman–Crippen MR) is 84.6 cm³/mol. The molecule has 0 saturated carbocycles. The van der Waals surface area contributed by atoms with Crippen molar-refractivity contribution in [1.29, 1.82) is 0 Å². The summed E-state index contributed by atoms with van der Waals surface area (Å²) in [6, 6.07) is 8.26. The summed E-state index contributed by atoms with van der Waals surface area (Å²) in [5.74, 6) is 0.258. The van der Waals surface area contributed by atoms with Crippen LogP contribution in [0.15, 0.2) is 39.7 Å². The maximum Gasteiger partial charge on any atom is 0.264 e. The highest BCUT2D eigenvalue weighted by Gasteiger charge is 2.20. The smallest absolute Gasteiger partial charge is 0.264 e. The highest BCUT2D eigenvalue weighted by Crippen LogP contribution is 2.28. The van der Waals surface area contributed by atoms with Gasteiger partial charge in [-0.15, -0.1) is 0 Å².